The van der Waals surface area contributed by atoms with Crippen molar-refractivity contribution in [3.05, 3.63) is 59.7 Å². The number of amides is 3. The SMILES string of the molecule is O=C(CCCc1nc(OC(=O)O)c(NC(=O)Nc2ccc(C(F)(F)F)cc2)[nH]1)Nc1ccc2nc(C(F)(F)F)[nH]c2c1. The highest BCUT2D eigenvalue weighted by Gasteiger charge is 2.34. The second kappa shape index (κ2) is 11.7. The summed E-state index contributed by atoms with van der Waals surface area (Å²) in [4.78, 5) is 47.8. The highest BCUT2D eigenvalue weighted by molar-refractivity contribution is 6.00. The number of anilines is 3. The molecule has 4 aromatic rings. The standard InChI is InChI=1S/C24H19F6N7O5/c25-23(26,27)11-4-6-12(7-5-11)32-21(39)37-18-19(42-22(40)41)36-16(35-18)2-1-3-17(38)31-13-8-9-14-15(10-13)34-20(33-14)24(28,29)30/h4-10H,1-3H2,(H,31,38)(H,33,34)(H,35,36)(H,40,41)(H2,32,37,39). The number of carboxylic acid groups (broad SMARTS) is 1. The third-order valence-electron chi connectivity index (χ3n) is 5.46. The Morgan fingerprint density at radius 2 is 1.55 bits per heavy atom. The first-order chi connectivity index (χ1) is 19.7. The van der Waals surface area contributed by atoms with Crippen molar-refractivity contribution in [2.24, 2.45) is 0 Å². The maximum atomic E-state index is 12.8. The molecule has 0 fully saturated rings. The minimum absolute atomic E-state index is 0.0134. The van der Waals surface area contributed by atoms with Gasteiger partial charge in [0.1, 0.15) is 5.82 Å². The molecule has 2 aromatic heterocycles. The molecule has 0 aliphatic heterocycles. The van der Waals surface area contributed by atoms with E-state index in [9.17, 15) is 40.7 Å². The molecular weight excluding hydrogens is 580 g/mol. The van der Waals surface area contributed by atoms with E-state index in [1.54, 1.807) is 0 Å². The summed E-state index contributed by atoms with van der Waals surface area (Å²) in [5.74, 6) is -2.31. The molecule has 18 heteroatoms. The number of benzene rings is 2. The summed E-state index contributed by atoms with van der Waals surface area (Å²) in [5, 5.41) is 16.0. The minimum Gasteiger partial charge on any atom is -0.449 e. The fraction of sp³-hybridized carbons (Fsp3) is 0.208. The van der Waals surface area contributed by atoms with Gasteiger partial charge in [-0.25, -0.2) is 14.6 Å². The van der Waals surface area contributed by atoms with E-state index in [-0.39, 0.29) is 53.3 Å². The topological polar surface area (TPSA) is 174 Å². The van der Waals surface area contributed by atoms with E-state index in [1.165, 1.54) is 18.2 Å². The van der Waals surface area contributed by atoms with E-state index in [0.717, 1.165) is 24.3 Å². The van der Waals surface area contributed by atoms with Crippen LogP contribution in [0, 0.1) is 0 Å². The number of alkyl halides is 6. The summed E-state index contributed by atoms with van der Waals surface area (Å²) >= 11 is 0. The van der Waals surface area contributed by atoms with E-state index in [0.29, 0.717) is 0 Å². The van der Waals surface area contributed by atoms with Gasteiger partial charge in [0.25, 0.3) is 5.88 Å². The molecule has 42 heavy (non-hydrogen) atoms. The Hall–Kier alpha value is -5.29. The van der Waals surface area contributed by atoms with Crippen LogP contribution >= 0.6 is 0 Å². The monoisotopic (exact) mass is 599 g/mol. The van der Waals surface area contributed by atoms with Crippen molar-refractivity contribution in [2.45, 2.75) is 31.6 Å². The predicted molar refractivity (Wildman–Crippen MR) is 134 cm³/mol. The quantitative estimate of drug-likeness (QED) is 0.107. The van der Waals surface area contributed by atoms with Crippen molar-refractivity contribution < 1.29 is 50.6 Å². The Balaban J connectivity index is 1.33. The van der Waals surface area contributed by atoms with Crippen LogP contribution in [0.2, 0.25) is 0 Å². The number of H-pyrrole nitrogens is 2. The third-order valence-corrected chi connectivity index (χ3v) is 5.46. The predicted octanol–water partition coefficient (Wildman–Crippen LogP) is 5.99. The first-order valence-electron chi connectivity index (χ1n) is 11.8. The van der Waals surface area contributed by atoms with Crippen LogP contribution in [0.1, 0.15) is 30.1 Å². The number of ether oxygens (including phenoxy) is 1. The maximum absolute atomic E-state index is 12.8. The second-order valence-electron chi connectivity index (χ2n) is 8.60. The Morgan fingerprint density at radius 3 is 2.19 bits per heavy atom. The van der Waals surface area contributed by atoms with Crippen LogP contribution in [0.5, 0.6) is 5.88 Å². The van der Waals surface area contributed by atoms with Gasteiger partial charge in [0.2, 0.25) is 11.7 Å². The van der Waals surface area contributed by atoms with E-state index in [2.05, 4.69) is 40.6 Å². The van der Waals surface area contributed by atoms with Gasteiger partial charge in [-0.1, -0.05) is 0 Å². The van der Waals surface area contributed by atoms with Gasteiger partial charge >= 0.3 is 24.5 Å². The molecule has 12 nitrogen and oxygen atoms in total. The molecule has 222 valence electrons. The van der Waals surface area contributed by atoms with E-state index < -0.39 is 47.7 Å². The van der Waals surface area contributed by atoms with Crippen LogP contribution in [0.4, 0.5) is 53.1 Å². The van der Waals surface area contributed by atoms with Gasteiger partial charge < -0.3 is 30.4 Å². The van der Waals surface area contributed by atoms with Crippen molar-refractivity contribution in [1.29, 1.82) is 0 Å². The van der Waals surface area contributed by atoms with Crippen LogP contribution < -0.4 is 20.7 Å². The fourth-order valence-electron chi connectivity index (χ4n) is 3.64. The Labute approximate surface area is 230 Å². The number of aromatic nitrogens is 4. The maximum Gasteiger partial charge on any atom is 0.512 e. The highest BCUT2D eigenvalue weighted by Crippen LogP contribution is 2.31. The number of nitrogens with zero attached hydrogens (tertiary/aromatic N) is 2. The largest absolute Gasteiger partial charge is 0.512 e. The van der Waals surface area contributed by atoms with Gasteiger partial charge in [0.05, 0.1) is 16.6 Å². The lowest BCUT2D eigenvalue weighted by Gasteiger charge is -2.09. The van der Waals surface area contributed by atoms with Crippen LogP contribution in [0.25, 0.3) is 11.0 Å². The zero-order chi connectivity index (χ0) is 30.7. The molecule has 3 amide bonds. The number of aromatic amines is 2. The number of carbonyl (C=O) groups excluding carboxylic acids is 2. The number of urea groups is 1. The van der Waals surface area contributed by atoms with Crippen LogP contribution in [0.3, 0.4) is 0 Å². The molecule has 0 spiro atoms. The molecule has 2 aromatic carbocycles. The van der Waals surface area contributed by atoms with E-state index in [4.69, 9.17) is 5.11 Å². The molecule has 0 unspecified atom stereocenters. The lowest BCUT2D eigenvalue weighted by Crippen LogP contribution is -2.20. The normalized spacial score (nSPS) is 11.8. The summed E-state index contributed by atoms with van der Waals surface area (Å²) in [6.07, 6.45) is -10.8. The molecular formula is C24H19F6N7O5. The van der Waals surface area contributed by atoms with Crippen LogP contribution in [-0.4, -0.2) is 43.1 Å². The van der Waals surface area contributed by atoms with Gasteiger partial charge in [0, 0.05) is 24.2 Å². The lowest BCUT2D eigenvalue weighted by molar-refractivity contribution is -0.144. The van der Waals surface area contributed by atoms with Gasteiger partial charge in [-0.3, -0.25) is 10.1 Å². The van der Waals surface area contributed by atoms with Gasteiger partial charge in [-0.2, -0.15) is 31.3 Å². The number of hydrogen-bond acceptors (Lipinski definition) is 6. The number of aryl methyl sites for hydroxylation is 1. The second-order valence-corrected chi connectivity index (χ2v) is 8.60. The molecule has 0 aliphatic carbocycles. The Bertz CT molecular complexity index is 1610. The number of rotatable bonds is 8. The first kappa shape index (κ1) is 29.7. The molecule has 0 radical (unpaired) electrons. The average molecular weight is 599 g/mol. The average Bonchev–Trinajstić information content (AvgIpc) is 3.47. The Kier molecular flexibility index (Phi) is 8.25. The summed E-state index contributed by atoms with van der Waals surface area (Å²) in [6.45, 7) is 0. The molecule has 4 rings (SSSR count). The molecule has 0 saturated heterocycles. The van der Waals surface area contributed by atoms with Crippen molar-refractivity contribution >= 4 is 46.3 Å². The van der Waals surface area contributed by atoms with Crippen molar-refractivity contribution in [2.75, 3.05) is 16.0 Å². The summed E-state index contributed by atoms with van der Waals surface area (Å²) < 4.78 is 81.2. The van der Waals surface area contributed by atoms with Gasteiger partial charge in [0.15, 0.2) is 5.82 Å². The van der Waals surface area contributed by atoms with Gasteiger partial charge in [-0.15, -0.1) is 0 Å². The first-order valence-corrected chi connectivity index (χ1v) is 11.8. The molecule has 0 atom stereocenters. The molecule has 0 saturated carbocycles. The lowest BCUT2D eigenvalue weighted by atomic mass is 10.2. The molecule has 0 aliphatic rings. The van der Waals surface area contributed by atoms with Crippen LogP contribution in [0.15, 0.2) is 42.5 Å². The molecule has 2 heterocycles. The third kappa shape index (κ3) is 7.67. The van der Waals surface area contributed by atoms with Crippen LogP contribution in [-0.2, 0) is 23.6 Å². The van der Waals surface area contributed by atoms with Crippen molar-refractivity contribution in [3.8, 4) is 5.88 Å². The fourth-order valence-corrected chi connectivity index (χ4v) is 3.64. The zero-order valence-electron chi connectivity index (χ0n) is 20.9. The highest BCUT2D eigenvalue weighted by atomic mass is 19.4. The number of hydrogen-bond donors (Lipinski definition) is 6. The summed E-state index contributed by atoms with van der Waals surface area (Å²) in [7, 11) is 0. The minimum atomic E-state index is -4.66. The zero-order valence-corrected chi connectivity index (χ0v) is 20.9. The molecule has 6 N–H and O–H groups in total. The van der Waals surface area contributed by atoms with Crippen molar-refractivity contribution in [1.82, 2.24) is 19.9 Å². The number of imidazole rings is 2. The number of halogens is 6. The van der Waals surface area contributed by atoms with Crippen molar-refractivity contribution in [3.63, 3.8) is 0 Å². The smallest absolute Gasteiger partial charge is 0.449 e. The Morgan fingerprint density at radius 1 is 0.857 bits per heavy atom. The van der Waals surface area contributed by atoms with Gasteiger partial charge in [-0.05, 0) is 48.9 Å². The number of nitrogens with one attached hydrogen (secondary N) is 5. The van der Waals surface area contributed by atoms with E-state index >= 15 is 0 Å². The summed E-state index contributed by atoms with van der Waals surface area (Å²) in [6, 6.07) is 6.61. The molecule has 0 bridgehead atoms. The number of fused-ring (bicyclic) bond motifs is 1. The summed E-state index contributed by atoms with van der Waals surface area (Å²) in [5.41, 5.74) is -0.542. The van der Waals surface area contributed by atoms with E-state index in [1.807, 2.05) is 0 Å². The number of carbonyl (C=O) groups is 3.